The lowest BCUT2D eigenvalue weighted by Crippen LogP contribution is -2.22. The van der Waals surface area contributed by atoms with Gasteiger partial charge in [0.1, 0.15) is 5.75 Å². The fourth-order valence-electron chi connectivity index (χ4n) is 3.29. The lowest BCUT2D eigenvalue weighted by molar-refractivity contribution is -0.134. The van der Waals surface area contributed by atoms with Crippen molar-refractivity contribution in [3.8, 4) is 5.75 Å². The molecule has 150 valence electrons. The maximum atomic E-state index is 12.8. The summed E-state index contributed by atoms with van der Waals surface area (Å²) in [6.07, 6.45) is 6.93. The number of aromatic hydroxyl groups is 1. The van der Waals surface area contributed by atoms with Crippen LogP contribution in [0.4, 0.5) is 0 Å². The van der Waals surface area contributed by atoms with E-state index in [9.17, 15) is 19.5 Å². The average Bonchev–Trinajstić information content (AvgIpc) is 3.32. The van der Waals surface area contributed by atoms with Gasteiger partial charge in [0.2, 0.25) is 0 Å². The lowest BCUT2D eigenvalue weighted by Gasteiger charge is -2.19. The van der Waals surface area contributed by atoms with E-state index in [0.29, 0.717) is 24.1 Å². The molecule has 1 aromatic carbocycles. The first-order chi connectivity index (χ1) is 13.8. The smallest absolute Gasteiger partial charge is 0.328 e. The third-order valence-corrected chi connectivity index (χ3v) is 4.66. The second-order valence-corrected chi connectivity index (χ2v) is 6.57. The monoisotopic (exact) mass is 397 g/mol. The SMILES string of the molecule is O=C(O)/C=C/C(=O)O.O=C(c1c[nH]c2ccc(O)cc12)C1CCc2[nH]cnc2C1. The Hall–Kier alpha value is -3.88. The normalized spacial score (nSPS) is 15.5. The molecule has 0 saturated heterocycles. The van der Waals surface area contributed by atoms with Crippen LogP contribution in [0.15, 0.2) is 42.9 Å². The topological polar surface area (TPSA) is 156 Å². The van der Waals surface area contributed by atoms with Crippen LogP contribution < -0.4 is 0 Å². The number of benzene rings is 1. The van der Waals surface area contributed by atoms with E-state index in [-0.39, 0.29) is 17.5 Å². The first kappa shape index (κ1) is 19.9. The van der Waals surface area contributed by atoms with Gasteiger partial charge < -0.3 is 25.3 Å². The Balaban J connectivity index is 0.000000258. The maximum Gasteiger partial charge on any atom is 0.328 e. The number of rotatable bonds is 4. The summed E-state index contributed by atoms with van der Waals surface area (Å²) in [4.78, 5) is 42.4. The molecule has 3 aromatic rings. The quantitative estimate of drug-likeness (QED) is 0.334. The van der Waals surface area contributed by atoms with Crippen molar-refractivity contribution in [1.82, 2.24) is 15.0 Å². The molecular formula is C20H19N3O6. The van der Waals surface area contributed by atoms with Crippen molar-refractivity contribution in [2.24, 2.45) is 5.92 Å². The van der Waals surface area contributed by atoms with Crippen LogP contribution in [0.5, 0.6) is 5.75 Å². The largest absolute Gasteiger partial charge is 0.508 e. The van der Waals surface area contributed by atoms with E-state index < -0.39 is 11.9 Å². The molecule has 4 rings (SSSR count). The summed E-state index contributed by atoms with van der Waals surface area (Å²) in [6, 6.07) is 5.04. The molecule has 1 unspecified atom stereocenters. The van der Waals surface area contributed by atoms with Crippen LogP contribution in [0.1, 0.15) is 28.2 Å². The first-order valence-electron chi connectivity index (χ1n) is 8.84. The highest BCUT2D eigenvalue weighted by molar-refractivity contribution is 6.09. The molecule has 9 nitrogen and oxygen atoms in total. The summed E-state index contributed by atoms with van der Waals surface area (Å²) >= 11 is 0. The third-order valence-electron chi connectivity index (χ3n) is 4.66. The second kappa shape index (κ2) is 8.42. The number of hydrogen-bond donors (Lipinski definition) is 5. The number of aromatic amines is 2. The van der Waals surface area contributed by atoms with Crippen molar-refractivity contribution < 1.29 is 29.7 Å². The number of phenols is 1. The molecule has 0 spiro atoms. The number of Topliss-reactive ketones (excluding diaryl/α,β-unsaturated/α-hetero) is 1. The van der Waals surface area contributed by atoms with E-state index in [2.05, 4.69) is 15.0 Å². The summed E-state index contributed by atoms with van der Waals surface area (Å²) in [6.45, 7) is 0. The summed E-state index contributed by atoms with van der Waals surface area (Å²) in [5.41, 5.74) is 3.68. The number of carboxylic acid groups (broad SMARTS) is 2. The number of aryl methyl sites for hydroxylation is 1. The molecule has 0 amide bonds. The van der Waals surface area contributed by atoms with Gasteiger partial charge in [0.15, 0.2) is 5.78 Å². The molecule has 0 radical (unpaired) electrons. The minimum Gasteiger partial charge on any atom is -0.508 e. The van der Waals surface area contributed by atoms with Crippen LogP contribution in [-0.4, -0.2) is 48.0 Å². The standard InChI is InChI=1S/C16H15N3O2.C4H4O4/c20-10-2-4-13-11(6-10)12(7-17-13)16(21)9-1-3-14-15(5-9)19-8-18-14;5-3(6)1-2-4(7)8/h2,4,6-9,17,20H,1,3,5H2,(H,18,19);1-2H,(H,5,6)(H,7,8)/b;2-1+. The Bertz CT molecular complexity index is 1080. The molecule has 2 heterocycles. The second-order valence-electron chi connectivity index (χ2n) is 6.57. The van der Waals surface area contributed by atoms with Crippen molar-refractivity contribution in [3.05, 3.63) is 59.8 Å². The minimum absolute atomic E-state index is 0.0397. The van der Waals surface area contributed by atoms with E-state index in [1.165, 1.54) is 0 Å². The van der Waals surface area contributed by atoms with Gasteiger partial charge in [0.05, 0.1) is 12.0 Å². The zero-order valence-electron chi connectivity index (χ0n) is 15.3. The van der Waals surface area contributed by atoms with Crippen LogP contribution in [0, 0.1) is 5.92 Å². The molecule has 9 heteroatoms. The van der Waals surface area contributed by atoms with E-state index in [1.807, 2.05) is 0 Å². The highest BCUT2D eigenvalue weighted by Crippen LogP contribution is 2.30. The number of carboxylic acids is 2. The van der Waals surface area contributed by atoms with Crippen molar-refractivity contribution in [1.29, 1.82) is 0 Å². The zero-order valence-corrected chi connectivity index (χ0v) is 15.3. The molecule has 1 atom stereocenters. The molecule has 0 fully saturated rings. The molecule has 1 aliphatic carbocycles. The van der Waals surface area contributed by atoms with Gasteiger partial charge in [-0.3, -0.25) is 4.79 Å². The Morgan fingerprint density at radius 2 is 1.83 bits per heavy atom. The van der Waals surface area contributed by atoms with Crippen molar-refractivity contribution in [2.45, 2.75) is 19.3 Å². The number of imidazole rings is 1. The van der Waals surface area contributed by atoms with Gasteiger partial charge in [-0.05, 0) is 31.0 Å². The average molecular weight is 397 g/mol. The van der Waals surface area contributed by atoms with E-state index >= 15 is 0 Å². The van der Waals surface area contributed by atoms with Crippen LogP contribution in [0.3, 0.4) is 0 Å². The van der Waals surface area contributed by atoms with Gasteiger partial charge in [-0.15, -0.1) is 0 Å². The zero-order chi connectivity index (χ0) is 21.0. The number of phenolic OH excluding ortho intramolecular Hbond substituents is 1. The van der Waals surface area contributed by atoms with Crippen LogP contribution in [0.2, 0.25) is 0 Å². The number of aliphatic carboxylic acids is 2. The predicted octanol–water partition coefficient (Wildman–Crippen LogP) is 2.30. The Morgan fingerprint density at radius 1 is 1.10 bits per heavy atom. The van der Waals surface area contributed by atoms with E-state index in [4.69, 9.17) is 10.2 Å². The summed E-state index contributed by atoms with van der Waals surface area (Å²) < 4.78 is 0. The molecule has 0 saturated carbocycles. The minimum atomic E-state index is -1.26. The molecule has 2 aromatic heterocycles. The first-order valence-corrected chi connectivity index (χ1v) is 8.84. The van der Waals surface area contributed by atoms with Crippen LogP contribution in [-0.2, 0) is 22.4 Å². The summed E-state index contributed by atoms with van der Waals surface area (Å²) in [5, 5.41) is 26.0. The molecule has 5 N–H and O–H groups in total. The number of carbonyl (C=O) groups is 3. The summed E-state index contributed by atoms with van der Waals surface area (Å²) in [7, 11) is 0. The summed E-state index contributed by atoms with van der Waals surface area (Å²) in [5.74, 6) is -2.25. The van der Waals surface area contributed by atoms with E-state index in [1.54, 1.807) is 30.7 Å². The number of fused-ring (bicyclic) bond motifs is 2. The van der Waals surface area contributed by atoms with Gasteiger partial charge in [0, 0.05) is 52.8 Å². The number of H-pyrrole nitrogens is 2. The molecule has 0 aliphatic heterocycles. The highest BCUT2D eigenvalue weighted by atomic mass is 16.4. The molecule has 29 heavy (non-hydrogen) atoms. The van der Waals surface area contributed by atoms with Gasteiger partial charge >= 0.3 is 11.9 Å². The van der Waals surface area contributed by atoms with Gasteiger partial charge in [-0.1, -0.05) is 0 Å². The Labute approximate surface area is 164 Å². The van der Waals surface area contributed by atoms with Gasteiger partial charge in [0.25, 0.3) is 0 Å². The van der Waals surface area contributed by atoms with Crippen LogP contribution in [0.25, 0.3) is 10.9 Å². The number of nitrogens with one attached hydrogen (secondary N) is 2. The lowest BCUT2D eigenvalue weighted by atomic mass is 9.84. The van der Waals surface area contributed by atoms with E-state index in [0.717, 1.165) is 35.1 Å². The van der Waals surface area contributed by atoms with Crippen molar-refractivity contribution >= 4 is 28.6 Å². The third kappa shape index (κ3) is 4.70. The predicted molar refractivity (Wildman–Crippen MR) is 103 cm³/mol. The molecule has 1 aliphatic rings. The van der Waals surface area contributed by atoms with Gasteiger partial charge in [-0.2, -0.15) is 0 Å². The molecular weight excluding hydrogens is 378 g/mol. The maximum absolute atomic E-state index is 12.8. The molecule has 0 bridgehead atoms. The number of hydrogen-bond acceptors (Lipinski definition) is 5. The van der Waals surface area contributed by atoms with Crippen LogP contribution >= 0.6 is 0 Å². The Kier molecular flexibility index (Phi) is 5.77. The van der Waals surface area contributed by atoms with Crippen molar-refractivity contribution in [3.63, 3.8) is 0 Å². The highest BCUT2D eigenvalue weighted by Gasteiger charge is 2.28. The fraction of sp³-hybridized carbons (Fsp3) is 0.200. The number of ketones is 1. The van der Waals surface area contributed by atoms with Crippen molar-refractivity contribution in [2.75, 3.05) is 0 Å². The number of aromatic nitrogens is 3. The fourth-order valence-corrected chi connectivity index (χ4v) is 3.29. The number of carbonyl (C=O) groups excluding carboxylic acids is 1. The number of nitrogens with zero attached hydrogens (tertiary/aromatic N) is 1. The Morgan fingerprint density at radius 3 is 2.52 bits per heavy atom. The van der Waals surface area contributed by atoms with Gasteiger partial charge in [-0.25, -0.2) is 14.6 Å².